The molecule has 1 N–H and O–H groups in total. The lowest BCUT2D eigenvalue weighted by Crippen LogP contribution is -2.28. The number of benzene rings is 3. The molecule has 0 unspecified atom stereocenters. The van der Waals surface area contributed by atoms with Gasteiger partial charge < -0.3 is 10.1 Å². The number of halogens is 1. The lowest BCUT2D eigenvalue weighted by Gasteiger charge is -2.37. The number of ether oxygens (including phenoxy) is 1. The first-order chi connectivity index (χ1) is 15.7. The molecule has 2 aliphatic rings. The fraction of sp³-hybridized carbons (Fsp3) is 0.179. The van der Waals surface area contributed by atoms with Crippen LogP contribution in [-0.2, 0) is 0 Å². The summed E-state index contributed by atoms with van der Waals surface area (Å²) in [7, 11) is 0. The summed E-state index contributed by atoms with van der Waals surface area (Å²) in [6, 6.07) is 23.0. The van der Waals surface area contributed by atoms with Gasteiger partial charge in [-0.1, -0.05) is 66.7 Å². The van der Waals surface area contributed by atoms with Crippen LogP contribution in [0.25, 0.3) is 0 Å². The van der Waals surface area contributed by atoms with Crippen molar-refractivity contribution in [2.45, 2.75) is 18.4 Å². The quantitative estimate of drug-likeness (QED) is 0.318. The Morgan fingerprint density at radius 3 is 2.78 bits per heavy atom. The molecule has 0 aromatic heterocycles. The van der Waals surface area contributed by atoms with E-state index in [0.29, 0.717) is 23.5 Å². The van der Waals surface area contributed by atoms with Crippen LogP contribution in [0, 0.1) is 5.92 Å². The molecule has 3 nitrogen and oxygen atoms in total. The van der Waals surface area contributed by atoms with Gasteiger partial charge in [-0.3, -0.25) is 4.99 Å². The second-order valence-corrected chi connectivity index (χ2v) is 8.63. The number of hydrogen-bond acceptors (Lipinski definition) is 3. The maximum atomic E-state index is 6.17. The summed E-state index contributed by atoms with van der Waals surface area (Å²) < 4.78 is 5.71. The van der Waals surface area contributed by atoms with Crippen LogP contribution in [0.4, 0.5) is 11.4 Å². The van der Waals surface area contributed by atoms with Gasteiger partial charge in [0.15, 0.2) is 0 Å². The third-order valence-electron chi connectivity index (χ3n) is 6.21. The van der Waals surface area contributed by atoms with Crippen molar-refractivity contribution in [2.24, 2.45) is 10.9 Å². The third-order valence-corrected chi connectivity index (χ3v) is 6.44. The van der Waals surface area contributed by atoms with Gasteiger partial charge in [0, 0.05) is 28.4 Å². The van der Waals surface area contributed by atoms with E-state index < -0.39 is 0 Å². The molecule has 3 aromatic carbocycles. The van der Waals surface area contributed by atoms with E-state index in [1.165, 1.54) is 16.8 Å². The Labute approximate surface area is 194 Å². The summed E-state index contributed by atoms with van der Waals surface area (Å²) in [6.45, 7) is 4.14. The summed E-state index contributed by atoms with van der Waals surface area (Å²) in [5.74, 6) is 1.75. The molecule has 3 atom stereocenters. The maximum absolute atomic E-state index is 6.17. The molecule has 1 heterocycles. The molecule has 0 amide bonds. The molecule has 0 spiro atoms. The van der Waals surface area contributed by atoms with Crippen molar-refractivity contribution in [1.82, 2.24) is 0 Å². The van der Waals surface area contributed by atoms with E-state index in [0.717, 1.165) is 23.4 Å². The highest BCUT2D eigenvalue weighted by atomic mass is 35.5. The largest absolute Gasteiger partial charge is 0.489 e. The van der Waals surface area contributed by atoms with E-state index in [1.807, 2.05) is 18.2 Å². The van der Waals surface area contributed by atoms with Gasteiger partial charge in [-0.15, -0.1) is 0 Å². The van der Waals surface area contributed by atoms with Gasteiger partial charge in [0.2, 0.25) is 0 Å². The monoisotopic (exact) mass is 440 g/mol. The predicted molar refractivity (Wildman–Crippen MR) is 134 cm³/mol. The molecule has 32 heavy (non-hydrogen) atoms. The molecule has 160 valence electrons. The Bertz CT molecular complexity index is 1180. The predicted octanol–water partition coefficient (Wildman–Crippen LogP) is 7.48. The fourth-order valence-corrected chi connectivity index (χ4v) is 4.87. The number of rotatable bonds is 6. The van der Waals surface area contributed by atoms with Gasteiger partial charge in [0.25, 0.3) is 0 Å². The Morgan fingerprint density at radius 1 is 1.09 bits per heavy atom. The van der Waals surface area contributed by atoms with Gasteiger partial charge in [-0.25, -0.2) is 0 Å². The number of aliphatic imine (C=N–C) groups is 1. The average molecular weight is 441 g/mol. The SMILES string of the molecule is C=CCOc1ccc(Cl)cc1C=Nc1ccc([C@@H]2Nc3ccccc3[C@H]3C=CC[C@@H]32)cc1. The summed E-state index contributed by atoms with van der Waals surface area (Å²) in [4.78, 5) is 4.65. The number of anilines is 1. The van der Waals surface area contributed by atoms with Crippen molar-refractivity contribution in [1.29, 1.82) is 0 Å². The smallest absolute Gasteiger partial charge is 0.128 e. The highest BCUT2D eigenvalue weighted by Gasteiger charge is 2.37. The molecule has 0 radical (unpaired) electrons. The lowest BCUT2D eigenvalue weighted by molar-refractivity contribution is 0.363. The Morgan fingerprint density at radius 2 is 1.94 bits per heavy atom. The second-order valence-electron chi connectivity index (χ2n) is 8.19. The summed E-state index contributed by atoms with van der Waals surface area (Å²) in [5.41, 5.74) is 5.66. The van der Waals surface area contributed by atoms with Crippen molar-refractivity contribution in [3.05, 3.63) is 113 Å². The number of para-hydroxylation sites is 1. The van der Waals surface area contributed by atoms with Crippen LogP contribution in [0.1, 0.15) is 35.1 Å². The van der Waals surface area contributed by atoms with Gasteiger partial charge >= 0.3 is 0 Å². The minimum Gasteiger partial charge on any atom is -0.489 e. The van der Waals surface area contributed by atoms with Crippen LogP contribution in [0.2, 0.25) is 5.02 Å². The minimum absolute atomic E-state index is 0.287. The molecule has 3 aromatic rings. The van der Waals surface area contributed by atoms with E-state index in [4.69, 9.17) is 16.3 Å². The second kappa shape index (κ2) is 9.05. The summed E-state index contributed by atoms with van der Waals surface area (Å²) in [6.07, 6.45) is 9.30. The summed E-state index contributed by atoms with van der Waals surface area (Å²) in [5, 5.41) is 4.43. The Kier molecular flexibility index (Phi) is 5.83. The Hall–Kier alpha value is -3.30. The standard InChI is InChI=1S/C28H25ClN2O/c1-2-16-32-27-15-12-21(29)17-20(27)18-30-22-13-10-19(11-14-22)28-25-8-5-7-23(25)24-6-3-4-9-26(24)31-28/h2-7,9-15,17-18,23,25,28,31H,1,8,16H2/t23-,25+,28+/m1/s1. The number of nitrogens with zero attached hydrogens (tertiary/aromatic N) is 1. The highest BCUT2D eigenvalue weighted by Crippen LogP contribution is 2.49. The van der Waals surface area contributed by atoms with Crippen molar-refractivity contribution >= 4 is 29.2 Å². The minimum atomic E-state index is 0.287. The number of allylic oxidation sites excluding steroid dienone is 2. The van der Waals surface area contributed by atoms with Crippen LogP contribution in [0.15, 0.2) is 96.5 Å². The van der Waals surface area contributed by atoms with Gasteiger partial charge in [-0.2, -0.15) is 0 Å². The molecule has 0 saturated carbocycles. The zero-order chi connectivity index (χ0) is 21.9. The van der Waals surface area contributed by atoms with Crippen molar-refractivity contribution in [2.75, 3.05) is 11.9 Å². The van der Waals surface area contributed by atoms with Gasteiger partial charge in [0.05, 0.1) is 11.7 Å². The number of fused-ring (bicyclic) bond motifs is 3. The highest BCUT2D eigenvalue weighted by molar-refractivity contribution is 6.30. The van der Waals surface area contributed by atoms with Crippen molar-refractivity contribution in [3.8, 4) is 5.75 Å². The first kappa shape index (κ1) is 20.6. The molecule has 1 aliphatic heterocycles. The molecule has 0 bridgehead atoms. The maximum Gasteiger partial charge on any atom is 0.128 e. The number of nitrogens with one attached hydrogen (secondary N) is 1. The normalized spacial score (nSPS) is 21.1. The fourth-order valence-electron chi connectivity index (χ4n) is 4.69. The molecule has 5 rings (SSSR count). The van der Waals surface area contributed by atoms with Crippen LogP contribution >= 0.6 is 11.6 Å². The van der Waals surface area contributed by atoms with Gasteiger partial charge in [0.1, 0.15) is 12.4 Å². The molecule has 1 aliphatic carbocycles. The van der Waals surface area contributed by atoms with Crippen molar-refractivity contribution < 1.29 is 4.74 Å². The zero-order valence-electron chi connectivity index (χ0n) is 17.7. The first-order valence-electron chi connectivity index (χ1n) is 10.9. The Balaban J connectivity index is 1.37. The molecule has 0 fully saturated rings. The molecule has 0 saturated heterocycles. The van der Waals surface area contributed by atoms with Crippen LogP contribution in [0.5, 0.6) is 5.75 Å². The van der Waals surface area contributed by atoms with E-state index in [1.54, 1.807) is 12.3 Å². The zero-order valence-corrected chi connectivity index (χ0v) is 18.5. The molecule has 4 heteroatoms. The van der Waals surface area contributed by atoms with E-state index in [-0.39, 0.29) is 6.04 Å². The van der Waals surface area contributed by atoms with Crippen LogP contribution in [0.3, 0.4) is 0 Å². The molecular weight excluding hydrogens is 416 g/mol. The van der Waals surface area contributed by atoms with E-state index in [9.17, 15) is 0 Å². The van der Waals surface area contributed by atoms with Crippen LogP contribution in [-0.4, -0.2) is 12.8 Å². The first-order valence-corrected chi connectivity index (χ1v) is 11.3. The molecular formula is C28H25ClN2O. The summed E-state index contributed by atoms with van der Waals surface area (Å²) >= 11 is 6.17. The van der Waals surface area contributed by atoms with E-state index in [2.05, 4.69) is 77.6 Å². The van der Waals surface area contributed by atoms with Gasteiger partial charge in [-0.05, 0) is 59.9 Å². The van der Waals surface area contributed by atoms with Crippen LogP contribution < -0.4 is 10.1 Å². The topological polar surface area (TPSA) is 33.6 Å². The lowest BCUT2D eigenvalue weighted by atomic mass is 9.77. The van der Waals surface area contributed by atoms with Crippen molar-refractivity contribution in [3.63, 3.8) is 0 Å². The average Bonchev–Trinajstić information content (AvgIpc) is 3.32. The van der Waals surface area contributed by atoms with E-state index >= 15 is 0 Å². The number of hydrogen-bond donors (Lipinski definition) is 1. The third kappa shape index (κ3) is 4.09.